The fourth-order valence-corrected chi connectivity index (χ4v) is 2.96. The Labute approximate surface area is 123 Å². The molecule has 2 nitrogen and oxygen atoms in total. The summed E-state index contributed by atoms with van der Waals surface area (Å²) in [4.78, 5) is 12.3. The summed E-state index contributed by atoms with van der Waals surface area (Å²) in [7, 11) is 0. The molecule has 0 atom stereocenters. The fourth-order valence-electron chi connectivity index (χ4n) is 2.44. The molecule has 4 heteroatoms. The first kappa shape index (κ1) is 14.2. The van der Waals surface area contributed by atoms with Crippen LogP contribution in [0.5, 0.6) is 0 Å². The Kier molecular flexibility index (Phi) is 4.39. The van der Waals surface area contributed by atoms with Gasteiger partial charge in [-0.25, -0.2) is 0 Å². The second-order valence-corrected chi connectivity index (χ2v) is 5.77. The van der Waals surface area contributed by atoms with Crippen molar-refractivity contribution in [1.29, 1.82) is 0 Å². The summed E-state index contributed by atoms with van der Waals surface area (Å²) in [5, 5.41) is 3.84. The molecular weight excluding hydrogens is 281 g/mol. The van der Waals surface area contributed by atoms with Crippen LogP contribution in [0.2, 0.25) is 10.0 Å². The largest absolute Gasteiger partial charge is 0.336 e. The second kappa shape index (κ2) is 5.86. The van der Waals surface area contributed by atoms with Gasteiger partial charge in [-0.15, -0.1) is 6.42 Å². The number of carbonyl (C=O) groups is 1. The molecule has 0 bridgehead atoms. The van der Waals surface area contributed by atoms with E-state index in [1.165, 1.54) is 6.42 Å². The number of hydrogen-bond acceptors (Lipinski definition) is 1. The van der Waals surface area contributed by atoms with E-state index in [0.29, 0.717) is 15.6 Å². The highest BCUT2D eigenvalue weighted by Crippen LogP contribution is 2.28. The zero-order valence-corrected chi connectivity index (χ0v) is 12.0. The lowest BCUT2D eigenvalue weighted by Gasteiger charge is -2.33. The predicted molar refractivity (Wildman–Crippen MR) is 78.6 cm³/mol. The van der Waals surface area contributed by atoms with Gasteiger partial charge in [0, 0.05) is 15.6 Å². The lowest BCUT2D eigenvalue weighted by Crippen LogP contribution is -2.48. The molecule has 1 N–H and O–H groups in total. The first-order valence-electron chi connectivity index (χ1n) is 6.31. The molecular formula is C15H15Cl2NO. The highest BCUT2D eigenvalue weighted by molar-refractivity contribution is 6.35. The van der Waals surface area contributed by atoms with Crippen molar-refractivity contribution < 1.29 is 4.79 Å². The van der Waals surface area contributed by atoms with E-state index in [-0.39, 0.29) is 5.91 Å². The van der Waals surface area contributed by atoms with Gasteiger partial charge in [-0.3, -0.25) is 4.79 Å². The van der Waals surface area contributed by atoms with Crippen molar-refractivity contribution in [2.45, 2.75) is 37.6 Å². The van der Waals surface area contributed by atoms with Gasteiger partial charge in [-0.1, -0.05) is 48.4 Å². The van der Waals surface area contributed by atoms with Gasteiger partial charge in [0.2, 0.25) is 0 Å². The quantitative estimate of drug-likeness (QED) is 0.819. The normalized spacial score (nSPS) is 17.5. The van der Waals surface area contributed by atoms with Gasteiger partial charge in [0.25, 0.3) is 5.91 Å². The molecule has 0 radical (unpaired) electrons. The number of terminal acetylenes is 1. The van der Waals surface area contributed by atoms with Gasteiger partial charge in [0.1, 0.15) is 5.54 Å². The van der Waals surface area contributed by atoms with Gasteiger partial charge in [-0.2, -0.15) is 0 Å². The summed E-state index contributed by atoms with van der Waals surface area (Å²) in [6, 6.07) is 4.78. The molecule has 0 unspecified atom stereocenters. The third kappa shape index (κ3) is 3.43. The molecule has 19 heavy (non-hydrogen) atoms. The third-order valence-electron chi connectivity index (χ3n) is 3.46. The van der Waals surface area contributed by atoms with E-state index in [2.05, 4.69) is 11.2 Å². The summed E-state index contributed by atoms with van der Waals surface area (Å²) in [6.45, 7) is 0. The molecule has 1 saturated carbocycles. The molecule has 0 aliphatic heterocycles. The molecule has 1 amide bonds. The van der Waals surface area contributed by atoms with E-state index in [1.54, 1.807) is 18.2 Å². The maximum absolute atomic E-state index is 12.3. The van der Waals surface area contributed by atoms with Crippen molar-refractivity contribution in [3.05, 3.63) is 33.8 Å². The molecule has 100 valence electrons. The van der Waals surface area contributed by atoms with Crippen molar-refractivity contribution in [3.63, 3.8) is 0 Å². The number of nitrogens with one attached hydrogen (secondary N) is 1. The summed E-state index contributed by atoms with van der Waals surface area (Å²) in [5.74, 6) is 2.53. The van der Waals surface area contributed by atoms with Crippen LogP contribution in [0.25, 0.3) is 0 Å². The van der Waals surface area contributed by atoms with Crippen LogP contribution >= 0.6 is 23.2 Å². The molecule has 2 rings (SSSR count). The van der Waals surface area contributed by atoms with Crippen molar-refractivity contribution in [2.75, 3.05) is 0 Å². The van der Waals surface area contributed by atoms with Crippen LogP contribution in [0.15, 0.2) is 18.2 Å². The molecule has 1 aromatic rings. The Morgan fingerprint density at radius 2 is 1.74 bits per heavy atom. The minimum atomic E-state index is -0.524. The predicted octanol–water partition coefficient (Wildman–Crippen LogP) is 4.06. The number of halogens is 2. The average Bonchev–Trinajstić information content (AvgIpc) is 2.38. The van der Waals surface area contributed by atoms with E-state index < -0.39 is 5.54 Å². The van der Waals surface area contributed by atoms with E-state index >= 15 is 0 Å². The topological polar surface area (TPSA) is 29.1 Å². The number of carbonyl (C=O) groups excluding carboxylic acids is 1. The van der Waals surface area contributed by atoms with Gasteiger partial charge < -0.3 is 5.32 Å². The monoisotopic (exact) mass is 295 g/mol. The Morgan fingerprint density at radius 3 is 2.26 bits per heavy atom. The summed E-state index contributed by atoms with van der Waals surface area (Å²) >= 11 is 11.8. The molecule has 0 aromatic heterocycles. The zero-order chi connectivity index (χ0) is 13.9. The SMILES string of the molecule is C#CC1(NC(=O)c2cc(Cl)cc(Cl)c2)CCCCC1. The van der Waals surface area contributed by atoms with E-state index in [4.69, 9.17) is 29.6 Å². The average molecular weight is 296 g/mol. The number of benzene rings is 1. The lowest BCUT2D eigenvalue weighted by molar-refractivity contribution is 0.0904. The van der Waals surface area contributed by atoms with Crippen molar-refractivity contribution in [1.82, 2.24) is 5.32 Å². The molecule has 0 saturated heterocycles. The van der Waals surface area contributed by atoms with Crippen LogP contribution in [0.4, 0.5) is 0 Å². The minimum Gasteiger partial charge on any atom is -0.336 e. The highest BCUT2D eigenvalue weighted by Gasteiger charge is 2.31. The van der Waals surface area contributed by atoms with Gasteiger partial charge in [0.05, 0.1) is 0 Å². The Balaban J connectivity index is 2.18. The summed E-state index contributed by atoms with van der Waals surface area (Å²) in [5.41, 5.74) is -0.0814. The molecule has 1 aromatic carbocycles. The van der Waals surface area contributed by atoms with Crippen LogP contribution in [0.1, 0.15) is 42.5 Å². The molecule has 0 heterocycles. The van der Waals surface area contributed by atoms with E-state index in [9.17, 15) is 4.79 Å². The first-order valence-corrected chi connectivity index (χ1v) is 7.07. The molecule has 0 spiro atoms. The van der Waals surface area contributed by atoms with Crippen molar-refractivity contribution >= 4 is 29.1 Å². The van der Waals surface area contributed by atoms with Crippen LogP contribution in [0, 0.1) is 12.3 Å². The Bertz CT molecular complexity index is 507. The lowest BCUT2D eigenvalue weighted by atomic mass is 9.82. The standard InChI is InChI=1S/C15H15Cl2NO/c1-2-15(6-4-3-5-7-15)18-14(19)11-8-12(16)10-13(17)9-11/h1,8-10H,3-7H2,(H,18,19). The number of amides is 1. The highest BCUT2D eigenvalue weighted by atomic mass is 35.5. The molecule has 1 aliphatic carbocycles. The smallest absolute Gasteiger partial charge is 0.252 e. The van der Waals surface area contributed by atoms with Crippen LogP contribution in [-0.2, 0) is 0 Å². The molecule has 1 fully saturated rings. The van der Waals surface area contributed by atoms with Crippen LogP contribution < -0.4 is 5.32 Å². The summed E-state index contributed by atoms with van der Waals surface area (Å²) in [6.07, 6.45) is 10.5. The Hall–Kier alpha value is -1.17. The third-order valence-corrected chi connectivity index (χ3v) is 3.90. The van der Waals surface area contributed by atoms with E-state index in [1.807, 2.05) is 0 Å². The number of hydrogen-bond donors (Lipinski definition) is 1. The summed E-state index contributed by atoms with van der Waals surface area (Å²) < 4.78 is 0. The second-order valence-electron chi connectivity index (χ2n) is 4.90. The van der Waals surface area contributed by atoms with Crippen LogP contribution in [-0.4, -0.2) is 11.4 Å². The van der Waals surface area contributed by atoms with E-state index in [0.717, 1.165) is 25.7 Å². The maximum atomic E-state index is 12.3. The maximum Gasteiger partial charge on any atom is 0.252 e. The van der Waals surface area contributed by atoms with Crippen molar-refractivity contribution in [3.8, 4) is 12.3 Å². The van der Waals surface area contributed by atoms with Gasteiger partial charge in [-0.05, 0) is 31.0 Å². The fraction of sp³-hybridized carbons (Fsp3) is 0.400. The molecule has 1 aliphatic rings. The zero-order valence-electron chi connectivity index (χ0n) is 10.5. The number of rotatable bonds is 2. The van der Waals surface area contributed by atoms with Crippen molar-refractivity contribution in [2.24, 2.45) is 0 Å². The van der Waals surface area contributed by atoms with Gasteiger partial charge in [0.15, 0.2) is 0 Å². The first-order chi connectivity index (χ1) is 9.04. The Morgan fingerprint density at radius 1 is 1.16 bits per heavy atom. The van der Waals surface area contributed by atoms with Crippen LogP contribution in [0.3, 0.4) is 0 Å². The van der Waals surface area contributed by atoms with Gasteiger partial charge >= 0.3 is 0 Å². The minimum absolute atomic E-state index is 0.218.